The van der Waals surface area contributed by atoms with Crippen LogP contribution in [-0.4, -0.2) is 22.2 Å². The van der Waals surface area contributed by atoms with Gasteiger partial charge in [0.25, 0.3) is 0 Å². The fourth-order valence-electron chi connectivity index (χ4n) is 0.695. The second-order valence-electron chi connectivity index (χ2n) is 2.61. The number of benzene rings is 1. The Morgan fingerprint density at radius 1 is 1.07 bits per heavy atom. The van der Waals surface area contributed by atoms with Crippen LogP contribution in [0.2, 0.25) is 0 Å². The Morgan fingerprint density at radius 2 is 1.47 bits per heavy atom. The molecule has 1 aromatic carbocycles. The molecular formula is C10H12O5. The van der Waals surface area contributed by atoms with Crippen molar-refractivity contribution < 1.29 is 24.5 Å². The number of carbonyl (C=O) groups is 2. The average molecular weight is 212 g/mol. The van der Waals surface area contributed by atoms with Gasteiger partial charge in [-0.1, -0.05) is 6.07 Å². The maximum absolute atomic E-state index is 9.81. The lowest BCUT2D eigenvalue weighted by Crippen LogP contribution is -2.03. The summed E-state index contributed by atoms with van der Waals surface area (Å²) in [5, 5.41) is 17.3. The Hall–Kier alpha value is -2.04. The molecule has 0 aromatic heterocycles. The van der Waals surface area contributed by atoms with Gasteiger partial charge in [-0.3, -0.25) is 9.59 Å². The fraction of sp³-hybridized carbons (Fsp3) is 0.200. The average Bonchev–Trinajstić information content (AvgIpc) is 2.01. The van der Waals surface area contributed by atoms with Crippen molar-refractivity contribution in [3.8, 4) is 11.5 Å². The second-order valence-corrected chi connectivity index (χ2v) is 2.61. The molecule has 0 heterocycles. The SMILES string of the molecule is CC(=O)OC(C)=O.Oc1cccc(O)c1. The molecule has 1 rings (SSSR count). The highest BCUT2D eigenvalue weighted by Gasteiger charge is 1.93. The molecule has 0 amide bonds. The lowest BCUT2D eigenvalue weighted by molar-refractivity contribution is -0.156. The van der Waals surface area contributed by atoms with Crippen LogP contribution in [0.3, 0.4) is 0 Å². The van der Waals surface area contributed by atoms with Crippen molar-refractivity contribution in [2.75, 3.05) is 0 Å². The summed E-state index contributed by atoms with van der Waals surface area (Å²) in [7, 11) is 0. The Morgan fingerprint density at radius 3 is 1.60 bits per heavy atom. The molecule has 0 fully saturated rings. The minimum atomic E-state index is -0.562. The van der Waals surface area contributed by atoms with Crippen molar-refractivity contribution in [2.45, 2.75) is 13.8 Å². The monoisotopic (exact) mass is 212 g/mol. The van der Waals surface area contributed by atoms with Crippen molar-refractivity contribution in [3.05, 3.63) is 24.3 Å². The van der Waals surface area contributed by atoms with E-state index in [2.05, 4.69) is 4.74 Å². The van der Waals surface area contributed by atoms with E-state index in [0.717, 1.165) is 0 Å². The summed E-state index contributed by atoms with van der Waals surface area (Å²) in [6.45, 7) is 2.36. The number of hydrogen-bond donors (Lipinski definition) is 2. The first-order valence-electron chi connectivity index (χ1n) is 4.09. The van der Waals surface area contributed by atoms with E-state index in [0.29, 0.717) is 0 Å². The van der Waals surface area contributed by atoms with Crippen LogP contribution in [0.15, 0.2) is 24.3 Å². The predicted octanol–water partition coefficient (Wildman–Crippen LogP) is 1.19. The molecule has 0 saturated carbocycles. The molecule has 0 saturated heterocycles. The van der Waals surface area contributed by atoms with Gasteiger partial charge < -0.3 is 14.9 Å². The highest BCUT2D eigenvalue weighted by Crippen LogP contribution is 2.14. The molecule has 0 atom stereocenters. The summed E-state index contributed by atoms with van der Waals surface area (Å²) in [6, 6.07) is 5.85. The number of ether oxygens (including phenoxy) is 1. The molecule has 0 radical (unpaired) electrons. The van der Waals surface area contributed by atoms with E-state index in [1.165, 1.54) is 32.0 Å². The topological polar surface area (TPSA) is 83.8 Å². The molecule has 0 aliphatic rings. The Kier molecular flexibility index (Phi) is 5.55. The lowest BCUT2D eigenvalue weighted by Gasteiger charge is -1.89. The van der Waals surface area contributed by atoms with Gasteiger partial charge in [-0.25, -0.2) is 0 Å². The van der Waals surface area contributed by atoms with Crippen LogP contribution in [0.25, 0.3) is 0 Å². The predicted molar refractivity (Wildman–Crippen MR) is 52.2 cm³/mol. The van der Waals surface area contributed by atoms with E-state index in [1.54, 1.807) is 6.07 Å². The summed E-state index contributed by atoms with van der Waals surface area (Å²) in [5.41, 5.74) is 0. The van der Waals surface area contributed by atoms with Crippen LogP contribution in [0.4, 0.5) is 0 Å². The zero-order valence-electron chi connectivity index (χ0n) is 8.43. The molecule has 2 N–H and O–H groups in total. The molecule has 0 spiro atoms. The number of esters is 2. The Labute approximate surface area is 86.9 Å². The minimum Gasteiger partial charge on any atom is -0.508 e. The molecule has 5 heteroatoms. The van der Waals surface area contributed by atoms with Crippen LogP contribution >= 0.6 is 0 Å². The van der Waals surface area contributed by atoms with Crippen LogP contribution in [0.5, 0.6) is 11.5 Å². The molecular weight excluding hydrogens is 200 g/mol. The standard InChI is InChI=1S/C6H6O2.C4H6O3/c7-5-2-1-3-6(8)4-5;1-3(5)7-4(2)6/h1-4,7-8H;1-2H3. The van der Waals surface area contributed by atoms with Gasteiger partial charge in [-0.2, -0.15) is 0 Å². The van der Waals surface area contributed by atoms with Gasteiger partial charge in [0, 0.05) is 19.9 Å². The van der Waals surface area contributed by atoms with E-state index in [1.807, 2.05) is 0 Å². The molecule has 0 unspecified atom stereocenters. The second kappa shape index (κ2) is 6.42. The van der Waals surface area contributed by atoms with Gasteiger partial charge in [0.15, 0.2) is 0 Å². The summed E-state index contributed by atoms with van der Waals surface area (Å²) in [6.07, 6.45) is 0. The van der Waals surface area contributed by atoms with Crippen LogP contribution in [-0.2, 0) is 14.3 Å². The van der Waals surface area contributed by atoms with Gasteiger partial charge in [0.2, 0.25) is 0 Å². The third-order valence-electron chi connectivity index (χ3n) is 1.12. The maximum atomic E-state index is 9.81. The highest BCUT2D eigenvalue weighted by molar-refractivity contribution is 5.82. The number of carbonyl (C=O) groups excluding carboxylic acids is 2. The van der Waals surface area contributed by atoms with E-state index in [9.17, 15) is 9.59 Å². The number of rotatable bonds is 0. The number of hydrogen-bond acceptors (Lipinski definition) is 5. The van der Waals surface area contributed by atoms with Crippen LogP contribution < -0.4 is 0 Å². The molecule has 15 heavy (non-hydrogen) atoms. The Bertz CT molecular complexity index is 316. The fourth-order valence-corrected chi connectivity index (χ4v) is 0.695. The number of aromatic hydroxyl groups is 2. The molecule has 0 bridgehead atoms. The first-order valence-corrected chi connectivity index (χ1v) is 4.09. The van der Waals surface area contributed by atoms with E-state index in [-0.39, 0.29) is 11.5 Å². The van der Waals surface area contributed by atoms with Gasteiger partial charge in [-0.15, -0.1) is 0 Å². The van der Waals surface area contributed by atoms with Gasteiger partial charge in [0.05, 0.1) is 0 Å². The van der Waals surface area contributed by atoms with Gasteiger partial charge in [0.1, 0.15) is 11.5 Å². The van der Waals surface area contributed by atoms with Crippen LogP contribution in [0, 0.1) is 0 Å². The molecule has 0 aliphatic heterocycles. The lowest BCUT2D eigenvalue weighted by atomic mass is 10.3. The zero-order chi connectivity index (χ0) is 11.8. The minimum absolute atomic E-state index is 0.0880. The van der Waals surface area contributed by atoms with E-state index < -0.39 is 11.9 Å². The summed E-state index contributed by atoms with van der Waals surface area (Å²) < 4.78 is 3.97. The van der Waals surface area contributed by atoms with Crippen molar-refractivity contribution in [1.82, 2.24) is 0 Å². The van der Waals surface area contributed by atoms with Crippen molar-refractivity contribution in [2.24, 2.45) is 0 Å². The normalized spacial score (nSPS) is 8.40. The first kappa shape index (κ1) is 13.0. The van der Waals surface area contributed by atoms with Crippen LogP contribution in [0.1, 0.15) is 13.8 Å². The van der Waals surface area contributed by atoms with E-state index >= 15 is 0 Å². The molecule has 0 aliphatic carbocycles. The Balaban J connectivity index is 0.000000265. The van der Waals surface area contributed by atoms with Crippen molar-refractivity contribution >= 4 is 11.9 Å². The molecule has 1 aromatic rings. The summed E-state index contributed by atoms with van der Waals surface area (Å²) in [4.78, 5) is 19.6. The molecule has 5 nitrogen and oxygen atoms in total. The van der Waals surface area contributed by atoms with E-state index in [4.69, 9.17) is 10.2 Å². The van der Waals surface area contributed by atoms with Crippen molar-refractivity contribution in [3.63, 3.8) is 0 Å². The third-order valence-corrected chi connectivity index (χ3v) is 1.12. The zero-order valence-corrected chi connectivity index (χ0v) is 8.43. The largest absolute Gasteiger partial charge is 0.508 e. The summed E-state index contributed by atoms with van der Waals surface area (Å²) >= 11 is 0. The van der Waals surface area contributed by atoms with Gasteiger partial charge >= 0.3 is 11.9 Å². The number of phenols is 2. The quantitative estimate of drug-likeness (QED) is 0.498. The first-order chi connectivity index (χ1) is 6.91. The number of phenolic OH excluding ortho intramolecular Hbond substituents is 2. The maximum Gasteiger partial charge on any atom is 0.310 e. The van der Waals surface area contributed by atoms with Gasteiger partial charge in [-0.05, 0) is 12.1 Å². The summed E-state index contributed by atoms with van der Waals surface area (Å²) in [5.74, 6) is -0.949. The van der Waals surface area contributed by atoms with Crippen molar-refractivity contribution in [1.29, 1.82) is 0 Å². The smallest absolute Gasteiger partial charge is 0.310 e. The molecule has 82 valence electrons. The highest BCUT2D eigenvalue weighted by atomic mass is 16.6. The third kappa shape index (κ3) is 8.29.